The first kappa shape index (κ1) is 14.1. The zero-order chi connectivity index (χ0) is 13.9. The Morgan fingerprint density at radius 3 is 2.68 bits per heavy atom. The van der Waals surface area contributed by atoms with E-state index in [0.29, 0.717) is 6.54 Å². The summed E-state index contributed by atoms with van der Waals surface area (Å²) in [5, 5.41) is 6.30. The Morgan fingerprint density at radius 2 is 2.21 bits per heavy atom. The van der Waals surface area contributed by atoms with Crippen molar-refractivity contribution in [2.24, 2.45) is 5.41 Å². The number of hydrogen-bond donors (Lipinski definition) is 3. The minimum Gasteiger partial charge on any atom is -0.367 e. The lowest BCUT2D eigenvalue weighted by molar-refractivity contribution is -0.135. The zero-order valence-corrected chi connectivity index (χ0v) is 12.2. The zero-order valence-electron chi connectivity index (χ0n) is 12.2. The molecule has 1 fully saturated rings. The van der Waals surface area contributed by atoms with Gasteiger partial charge < -0.3 is 15.6 Å². The number of carbonyl (C=O) groups excluding carboxylic acids is 1. The summed E-state index contributed by atoms with van der Waals surface area (Å²) in [6.07, 6.45) is 7.09. The molecule has 0 radical (unpaired) electrons. The van der Waals surface area contributed by atoms with E-state index in [1.165, 1.54) is 5.56 Å². The first-order valence-electron chi connectivity index (χ1n) is 7.06. The van der Waals surface area contributed by atoms with E-state index in [9.17, 15) is 4.79 Å². The molecule has 1 heterocycles. The first-order valence-corrected chi connectivity index (χ1v) is 7.06. The molecule has 2 rings (SSSR count). The minimum atomic E-state index is -0.164. The van der Waals surface area contributed by atoms with Crippen molar-refractivity contribution in [2.45, 2.75) is 38.5 Å². The van der Waals surface area contributed by atoms with Crippen LogP contribution < -0.4 is 10.6 Å². The van der Waals surface area contributed by atoms with Crippen molar-refractivity contribution in [3.05, 3.63) is 24.0 Å². The fourth-order valence-electron chi connectivity index (χ4n) is 2.76. The second-order valence-electron chi connectivity index (χ2n) is 6.33. The largest absolute Gasteiger partial charge is 0.367 e. The number of H-pyrrole nitrogens is 1. The molecule has 1 aromatic rings. The van der Waals surface area contributed by atoms with Crippen LogP contribution in [0.15, 0.2) is 18.5 Å². The van der Waals surface area contributed by atoms with E-state index in [-0.39, 0.29) is 16.7 Å². The van der Waals surface area contributed by atoms with Crippen LogP contribution in [0.5, 0.6) is 0 Å². The number of rotatable bonds is 6. The average Bonchev–Trinajstić information content (AvgIpc) is 2.85. The molecule has 0 atom stereocenters. The predicted octanol–water partition coefficient (Wildman–Crippen LogP) is 1.80. The number of carbonyl (C=O) groups is 1. The third-order valence-electron chi connectivity index (χ3n) is 4.38. The summed E-state index contributed by atoms with van der Waals surface area (Å²) in [5.41, 5.74) is 1.02. The highest BCUT2D eigenvalue weighted by molar-refractivity contribution is 5.83. The van der Waals surface area contributed by atoms with Gasteiger partial charge in [0.2, 0.25) is 5.91 Å². The summed E-state index contributed by atoms with van der Waals surface area (Å²) < 4.78 is 0. The molecule has 0 saturated heterocycles. The standard InChI is InChI=1S/C15H25N3O/c1-14(2,12-5-8-17-9-12)10-18-13(19)15(11-16-3)6-4-7-15/h5,8-9,16-17H,4,6-7,10-11H2,1-3H3,(H,18,19). The summed E-state index contributed by atoms with van der Waals surface area (Å²) in [5.74, 6) is 0.205. The van der Waals surface area contributed by atoms with Crippen molar-refractivity contribution < 1.29 is 4.79 Å². The quantitative estimate of drug-likeness (QED) is 0.733. The molecule has 0 unspecified atom stereocenters. The van der Waals surface area contributed by atoms with Crippen LogP contribution in [0, 0.1) is 5.41 Å². The Balaban J connectivity index is 1.93. The molecule has 1 amide bonds. The van der Waals surface area contributed by atoms with E-state index in [1.807, 2.05) is 19.4 Å². The summed E-state index contributed by atoms with van der Waals surface area (Å²) in [4.78, 5) is 15.5. The molecule has 1 aliphatic carbocycles. The molecule has 4 heteroatoms. The molecule has 1 aromatic heterocycles. The molecule has 19 heavy (non-hydrogen) atoms. The molecular weight excluding hydrogens is 238 g/mol. The molecule has 1 aliphatic rings. The van der Waals surface area contributed by atoms with Crippen LogP contribution in [-0.2, 0) is 10.2 Å². The Kier molecular flexibility index (Phi) is 3.99. The van der Waals surface area contributed by atoms with Gasteiger partial charge in [-0.1, -0.05) is 20.3 Å². The maximum atomic E-state index is 12.4. The molecule has 0 aromatic carbocycles. The third-order valence-corrected chi connectivity index (χ3v) is 4.38. The van der Waals surface area contributed by atoms with Gasteiger partial charge in [-0.25, -0.2) is 0 Å². The van der Waals surface area contributed by atoms with Crippen molar-refractivity contribution in [1.82, 2.24) is 15.6 Å². The molecule has 1 saturated carbocycles. The molecule has 0 aliphatic heterocycles. The van der Waals surface area contributed by atoms with E-state index in [2.05, 4.69) is 35.5 Å². The Bertz CT molecular complexity index is 419. The lowest BCUT2D eigenvalue weighted by atomic mass is 9.68. The van der Waals surface area contributed by atoms with Crippen molar-refractivity contribution in [3.63, 3.8) is 0 Å². The summed E-state index contributed by atoms with van der Waals surface area (Å²) in [6.45, 7) is 5.77. The summed E-state index contributed by atoms with van der Waals surface area (Å²) in [6, 6.07) is 2.07. The van der Waals surface area contributed by atoms with Gasteiger partial charge in [0, 0.05) is 30.9 Å². The lowest BCUT2D eigenvalue weighted by Gasteiger charge is -2.41. The maximum Gasteiger partial charge on any atom is 0.227 e. The highest BCUT2D eigenvalue weighted by Gasteiger charge is 2.43. The topological polar surface area (TPSA) is 56.9 Å². The highest BCUT2D eigenvalue weighted by Crippen LogP contribution is 2.40. The second-order valence-corrected chi connectivity index (χ2v) is 6.33. The average molecular weight is 263 g/mol. The van der Waals surface area contributed by atoms with E-state index in [0.717, 1.165) is 25.8 Å². The lowest BCUT2D eigenvalue weighted by Crippen LogP contribution is -2.52. The Labute approximate surface area is 115 Å². The van der Waals surface area contributed by atoms with Crippen LogP contribution in [-0.4, -0.2) is 31.0 Å². The monoisotopic (exact) mass is 263 g/mol. The van der Waals surface area contributed by atoms with Gasteiger partial charge in [-0.3, -0.25) is 4.79 Å². The number of hydrogen-bond acceptors (Lipinski definition) is 2. The fourth-order valence-corrected chi connectivity index (χ4v) is 2.76. The number of aromatic amines is 1. The third kappa shape index (κ3) is 2.84. The van der Waals surface area contributed by atoms with Crippen molar-refractivity contribution >= 4 is 5.91 Å². The van der Waals surface area contributed by atoms with Crippen LogP contribution >= 0.6 is 0 Å². The van der Waals surface area contributed by atoms with Crippen LogP contribution in [0.3, 0.4) is 0 Å². The predicted molar refractivity (Wildman–Crippen MR) is 77.0 cm³/mol. The van der Waals surface area contributed by atoms with E-state index in [4.69, 9.17) is 0 Å². The molecule has 0 spiro atoms. The van der Waals surface area contributed by atoms with Gasteiger partial charge in [-0.05, 0) is 31.5 Å². The maximum absolute atomic E-state index is 12.4. The van der Waals surface area contributed by atoms with E-state index >= 15 is 0 Å². The van der Waals surface area contributed by atoms with Gasteiger partial charge in [-0.2, -0.15) is 0 Å². The van der Waals surface area contributed by atoms with Gasteiger partial charge in [0.15, 0.2) is 0 Å². The minimum absolute atomic E-state index is 0.0414. The number of aromatic nitrogens is 1. The highest BCUT2D eigenvalue weighted by atomic mass is 16.2. The Hall–Kier alpha value is -1.29. The van der Waals surface area contributed by atoms with Crippen molar-refractivity contribution in [3.8, 4) is 0 Å². The molecule has 3 N–H and O–H groups in total. The normalized spacial score (nSPS) is 17.8. The van der Waals surface area contributed by atoms with Crippen molar-refractivity contribution in [2.75, 3.05) is 20.1 Å². The molecule has 0 bridgehead atoms. The smallest absolute Gasteiger partial charge is 0.227 e. The Morgan fingerprint density at radius 1 is 1.47 bits per heavy atom. The van der Waals surface area contributed by atoms with Gasteiger partial charge in [0.25, 0.3) is 0 Å². The van der Waals surface area contributed by atoms with Gasteiger partial charge in [0.05, 0.1) is 5.41 Å². The van der Waals surface area contributed by atoms with Crippen LogP contribution in [0.4, 0.5) is 0 Å². The molecular formula is C15H25N3O. The number of amides is 1. The van der Waals surface area contributed by atoms with Gasteiger partial charge >= 0.3 is 0 Å². The fraction of sp³-hybridized carbons (Fsp3) is 0.667. The van der Waals surface area contributed by atoms with E-state index in [1.54, 1.807) is 0 Å². The first-order chi connectivity index (χ1) is 9.00. The summed E-state index contributed by atoms with van der Waals surface area (Å²) >= 11 is 0. The van der Waals surface area contributed by atoms with Crippen molar-refractivity contribution in [1.29, 1.82) is 0 Å². The summed E-state index contributed by atoms with van der Waals surface area (Å²) in [7, 11) is 1.91. The number of nitrogens with one attached hydrogen (secondary N) is 3. The van der Waals surface area contributed by atoms with Gasteiger partial charge in [0.1, 0.15) is 0 Å². The van der Waals surface area contributed by atoms with Gasteiger partial charge in [-0.15, -0.1) is 0 Å². The second kappa shape index (κ2) is 5.37. The van der Waals surface area contributed by atoms with Crippen LogP contribution in [0.1, 0.15) is 38.7 Å². The van der Waals surface area contributed by atoms with E-state index < -0.39 is 0 Å². The van der Waals surface area contributed by atoms with Crippen LogP contribution in [0.2, 0.25) is 0 Å². The molecule has 106 valence electrons. The van der Waals surface area contributed by atoms with Crippen LogP contribution in [0.25, 0.3) is 0 Å². The SMILES string of the molecule is CNCC1(C(=O)NCC(C)(C)c2cc[nH]c2)CCC1. The molecule has 4 nitrogen and oxygen atoms in total.